The first-order chi connectivity index (χ1) is 12.6. The first kappa shape index (κ1) is 19.9. The fourth-order valence-corrected chi connectivity index (χ4v) is 2.58. The second-order valence-corrected chi connectivity index (χ2v) is 6.41. The molecule has 0 atom stereocenters. The number of nitrogens with one attached hydrogen (secondary N) is 2. The van der Waals surface area contributed by atoms with Gasteiger partial charge in [-0.25, -0.2) is 9.38 Å². The minimum absolute atomic E-state index is 0.171. The summed E-state index contributed by atoms with van der Waals surface area (Å²) < 4.78 is 15.8. The topological polar surface area (TPSA) is 57.5 Å². The molecule has 0 fully saturated rings. The third kappa shape index (κ3) is 6.84. The van der Waals surface area contributed by atoms with E-state index >= 15 is 0 Å². The number of halogens is 1. The predicted octanol–water partition coefficient (Wildman–Crippen LogP) is 2.23. The van der Waals surface area contributed by atoms with Crippen LogP contribution in [0.2, 0.25) is 0 Å². The second-order valence-electron chi connectivity index (χ2n) is 6.41. The molecule has 0 radical (unpaired) electrons. The number of rotatable bonds is 9. The number of aromatic nitrogens is 2. The predicted molar refractivity (Wildman–Crippen MR) is 103 cm³/mol. The van der Waals surface area contributed by atoms with Crippen LogP contribution in [0.25, 0.3) is 0 Å². The zero-order valence-electron chi connectivity index (χ0n) is 15.9. The van der Waals surface area contributed by atoms with Crippen LogP contribution >= 0.6 is 0 Å². The molecular weight excluding hydrogens is 331 g/mol. The van der Waals surface area contributed by atoms with Crippen molar-refractivity contribution in [2.75, 3.05) is 27.2 Å². The van der Waals surface area contributed by atoms with Crippen LogP contribution < -0.4 is 10.6 Å². The van der Waals surface area contributed by atoms with Crippen LogP contribution in [0.15, 0.2) is 41.7 Å². The molecule has 0 unspecified atom stereocenters. The van der Waals surface area contributed by atoms with E-state index in [0.717, 1.165) is 37.6 Å². The van der Waals surface area contributed by atoms with Crippen LogP contribution in [0.3, 0.4) is 0 Å². The van der Waals surface area contributed by atoms with E-state index in [2.05, 4.69) is 20.7 Å². The van der Waals surface area contributed by atoms with Crippen LogP contribution in [0.1, 0.15) is 24.5 Å². The zero-order chi connectivity index (χ0) is 18.8. The van der Waals surface area contributed by atoms with Crippen molar-refractivity contribution in [2.24, 2.45) is 4.99 Å². The Morgan fingerprint density at radius 2 is 2.15 bits per heavy atom. The lowest BCUT2D eigenvalue weighted by Gasteiger charge is -2.13. The van der Waals surface area contributed by atoms with Gasteiger partial charge in [0, 0.05) is 44.1 Å². The summed E-state index contributed by atoms with van der Waals surface area (Å²) in [6.07, 6.45) is 4.70. The lowest BCUT2D eigenvalue weighted by atomic mass is 10.1. The molecule has 0 amide bonds. The highest BCUT2D eigenvalue weighted by molar-refractivity contribution is 5.79. The number of aliphatic imine (C=N–C) groups is 1. The van der Waals surface area contributed by atoms with Gasteiger partial charge in [0.25, 0.3) is 0 Å². The molecule has 7 heteroatoms. The van der Waals surface area contributed by atoms with Crippen molar-refractivity contribution < 1.29 is 4.39 Å². The van der Waals surface area contributed by atoms with Crippen LogP contribution in [-0.4, -0.2) is 47.8 Å². The van der Waals surface area contributed by atoms with E-state index in [-0.39, 0.29) is 5.82 Å². The summed E-state index contributed by atoms with van der Waals surface area (Å²) in [5, 5.41) is 10.8. The smallest absolute Gasteiger partial charge is 0.191 e. The molecule has 0 spiro atoms. The first-order valence-electron chi connectivity index (χ1n) is 9.00. The van der Waals surface area contributed by atoms with E-state index in [0.29, 0.717) is 18.7 Å². The number of benzene rings is 1. The van der Waals surface area contributed by atoms with Gasteiger partial charge in [-0.2, -0.15) is 5.10 Å². The fraction of sp³-hybridized carbons (Fsp3) is 0.474. The molecule has 0 saturated heterocycles. The quantitative estimate of drug-likeness (QED) is 0.409. The molecule has 2 N–H and O–H groups in total. The highest BCUT2D eigenvalue weighted by Gasteiger charge is 2.05. The summed E-state index contributed by atoms with van der Waals surface area (Å²) in [7, 11) is 3.86. The first-order valence-corrected chi connectivity index (χ1v) is 9.00. The maximum absolute atomic E-state index is 13.9. The molecule has 0 aliphatic heterocycles. The highest BCUT2D eigenvalue weighted by atomic mass is 19.1. The summed E-state index contributed by atoms with van der Waals surface area (Å²) in [5.74, 6) is 0.599. The zero-order valence-corrected chi connectivity index (χ0v) is 15.9. The Balaban J connectivity index is 1.89. The van der Waals surface area contributed by atoms with E-state index < -0.39 is 0 Å². The van der Waals surface area contributed by atoms with E-state index in [4.69, 9.17) is 0 Å². The minimum atomic E-state index is -0.171. The van der Waals surface area contributed by atoms with Crippen LogP contribution in [0, 0.1) is 5.82 Å². The van der Waals surface area contributed by atoms with Gasteiger partial charge in [0.05, 0.1) is 6.54 Å². The maximum atomic E-state index is 13.9. The molecule has 6 nitrogen and oxygen atoms in total. The maximum Gasteiger partial charge on any atom is 0.191 e. The van der Waals surface area contributed by atoms with Gasteiger partial charge in [0.15, 0.2) is 5.96 Å². The van der Waals surface area contributed by atoms with Crippen molar-refractivity contribution in [1.82, 2.24) is 25.3 Å². The Hall–Kier alpha value is -2.41. The summed E-state index contributed by atoms with van der Waals surface area (Å²) in [6.45, 7) is 5.59. The van der Waals surface area contributed by atoms with Gasteiger partial charge in [0.1, 0.15) is 5.82 Å². The molecule has 0 aliphatic rings. The van der Waals surface area contributed by atoms with Crippen molar-refractivity contribution in [3.63, 3.8) is 0 Å². The highest BCUT2D eigenvalue weighted by Crippen LogP contribution is 2.13. The summed E-state index contributed by atoms with van der Waals surface area (Å²) in [5.41, 5.74) is 1.69. The molecule has 0 saturated carbocycles. The molecule has 0 bridgehead atoms. The van der Waals surface area contributed by atoms with Crippen LogP contribution in [-0.2, 0) is 19.6 Å². The van der Waals surface area contributed by atoms with Gasteiger partial charge in [-0.05, 0) is 51.2 Å². The van der Waals surface area contributed by atoms with Crippen molar-refractivity contribution in [2.45, 2.75) is 33.0 Å². The van der Waals surface area contributed by atoms with Crippen LogP contribution in [0.4, 0.5) is 4.39 Å². The number of hydrogen-bond acceptors (Lipinski definition) is 3. The third-order valence-corrected chi connectivity index (χ3v) is 3.78. The van der Waals surface area contributed by atoms with Crippen molar-refractivity contribution in [3.8, 4) is 0 Å². The molecular formula is C19H29FN6. The van der Waals surface area contributed by atoms with Crippen molar-refractivity contribution in [3.05, 3.63) is 53.6 Å². The van der Waals surface area contributed by atoms with E-state index in [1.165, 1.54) is 6.07 Å². The van der Waals surface area contributed by atoms with Gasteiger partial charge >= 0.3 is 0 Å². The summed E-state index contributed by atoms with van der Waals surface area (Å²) in [6, 6.07) is 7.12. The summed E-state index contributed by atoms with van der Waals surface area (Å²) in [4.78, 5) is 6.56. The lowest BCUT2D eigenvalue weighted by molar-refractivity contribution is 0.392. The standard InChI is InChI=1S/C19H29FN6/c1-4-21-19(22-9-5-11-26-12-6-10-24-26)23-14-16-7-8-18(20)17(13-16)15-25(2)3/h6-8,10,12-13H,4-5,9,11,14-15H2,1-3H3,(H2,21,22,23). The molecule has 1 aromatic heterocycles. The average Bonchev–Trinajstić information content (AvgIpc) is 3.12. The second kappa shape index (κ2) is 10.6. The van der Waals surface area contributed by atoms with Crippen molar-refractivity contribution in [1.29, 1.82) is 0 Å². The largest absolute Gasteiger partial charge is 0.357 e. The SMILES string of the molecule is CCNC(=NCc1ccc(F)c(CN(C)C)c1)NCCCn1cccn1. The Kier molecular flexibility index (Phi) is 8.08. The molecule has 2 aromatic rings. The monoisotopic (exact) mass is 360 g/mol. The molecule has 0 aliphatic carbocycles. The normalized spacial score (nSPS) is 11.8. The van der Waals surface area contributed by atoms with Gasteiger partial charge in [-0.1, -0.05) is 6.07 Å². The lowest BCUT2D eigenvalue weighted by Crippen LogP contribution is -2.38. The van der Waals surface area contributed by atoms with Gasteiger partial charge in [0.2, 0.25) is 0 Å². The van der Waals surface area contributed by atoms with E-state index in [9.17, 15) is 4.39 Å². The molecule has 1 aromatic carbocycles. The van der Waals surface area contributed by atoms with Gasteiger partial charge < -0.3 is 15.5 Å². The Morgan fingerprint density at radius 1 is 1.31 bits per heavy atom. The third-order valence-electron chi connectivity index (χ3n) is 3.78. The number of aryl methyl sites for hydroxylation is 1. The Morgan fingerprint density at radius 3 is 2.85 bits per heavy atom. The number of guanidine groups is 1. The summed E-state index contributed by atoms with van der Waals surface area (Å²) >= 11 is 0. The minimum Gasteiger partial charge on any atom is -0.357 e. The molecule has 26 heavy (non-hydrogen) atoms. The van der Waals surface area contributed by atoms with Gasteiger partial charge in [-0.15, -0.1) is 0 Å². The molecule has 2 rings (SSSR count). The Bertz CT molecular complexity index is 681. The van der Waals surface area contributed by atoms with Gasteiger partial charge in [-0.3, -0.25) is 4.68 Å². The van der Waals surface area contributed by atoms with Crippen LogP contribution in [0.5, 0.6) is 0 Å². The average molecular weight is 360 g/mol. The fourth-order valence-electron chi connectivity index (χ4n) is 2.58. The van der Waals surface area contributed by atoms with E-state index in [1.807, 2.05) is 48.9 Å². The van der Waals surface area contributed by atoms with Crippen molar-refractivity contribution >= 4 is 5.96 Å². The molecule has 142 valence electrons. The number of nitrogens with zero attached hydrogens (tertiary/aromatic N) is 4. The Labute approximate surface area is 155 Å². The number of hydrogen-bond donors (Lipinski definition) is 2. The van der Waals surface area contributed by atoms with E-state index in [1.54, 1.807) is 12.3 Å². The molecule has 1 heterocycles.